The molecule has 2 atom stereocenters. The summed E-state index contributed by atoms with van der Waals surface area (Å²) in [5, 5.41) is 0. The number of nitrogens with zero attached hydrogens (tertiary/aromatic N) is 1. The summed E-state index contributed by atoms with van der Waals surface area (Å²) in [5.41, 5.74) is 0. The van der Waals surface area contributed by atoms with Crippen LogP contribution in [-0.2, 0) is 0 Å². The van der Waals surface area contributed by atoms with Gasteiger partial charge in [0.2, 0.25) is 11.8 Å². The van der Waals surface area contributed by atoms with Gasteiger partial charge in [-0.2, -0.15) is 9.37 Å². The lowest BCUT2D eigenvalue weighted by molar-refractivity contribution is 0.0958. The van der Waals surface area contributed by atoms with E-state index in [1.165, 1.54) is 12.5 Å². The van der Waals surface area contributed by atoms with E-state index in [0.29, 0.717) is 17.7 Å². The molecule has 16 heavy (non-hydrogen) atoms. The van der Waals surface area contributed by atoms with Gasteiger partial charge in [-0.15, -0.1) is 0 Å². The second-order valence-corrected chi connectivity index (χ2v) is 4.96. The maximum Gasteiger partial charge on any atom is 0.216 e. The lowest BCUT2D eigenvalue weighted by Crippen LogP contribution is -2.28. The minimum Gasteiger partial charge on any atom is -0.474 e. The number of hydrogen-bond donors (Lipinski definition) is 0. The van der Waals surface area contributed by atoms with Crippen molar-refractivity contribution >= 4 is 0 Å². The van der Waals surface area contributed by atoms with E-state index in [1.807, 2.05) is 0 Å². The second kappa shape index (κ2) is 4.81. The van der Waals surface area contributed by atoms with Gasteiger partial charge < -0.3 is 4.74 Å². The molecule has 2 unspecified atom stereocenters. The highest BCUT2D eigenvalue weighted by molar-refractivity contribution is 5.10. The highest BCUT2D eigenvalue weighted by Gasteiger charge is 2.25. The molecular weight excluding hydrogens is 205 g/mol. The van der Waals surface area contributed by atoms with E-state index in [4.69, 9.17) is 4.74 Å². The standard InChI is InChI=1S/C13H18FNO/c1-9-6-10(2)8-11(7-9)16-13-5-3-4-12(14)15-13/h3-5,9-11H,6-8H2,1-2H3. The third-order valence-electron chi connectivity index (χ3n) is 3.11. The summed E-state index contributed by atoms with van der Waals surface area (Å²) in [6.45, 7) is 4.48. The van der Waals surface area contributed by atoms with Crippen molar-refractivity contribution in [3.63, 3.8) is 0 Å². The molecule has 88 valence electrons. The molecule has 1 aliphatic rings. The van der Waals surface area contributed by atoms with E-state index in [2.05, 4.69) is 18.8 Å². The molecular formula is C13H18FNO. The van der Waals surface area contributed by atoms with Gasteiger partial charge in [0.05, 0.1) is 0 Å². The topological polar surface area (TPSA) is 22.1 Å². The molecule has 0 radical (unpaired) electrons. The summed E-state index contributed by atoms with van der Waals surface area (Å²) in [5.74, 6) is 1.30. The van der Waals surface area contributed by atoms with Gasteiger partial charge in [0, 0.05) is 6.07 Å². The predicted molar refractivity (Wildman–Crippen MR) is 60.8 cm³/mol. The van der Waals surface area contributed by atoms with Crippen LogP contribution in [0, 0.1) is 17.8 Å². The minimum absolute atomic E-state index is 0.188. The Morgan fingerprint density at radius 2 is 1.88 bits per heavy atom. The number of ether oxygens (including phenoxy) is 1. The zero-order chi connectivity index (χ0) is 11.5. The fourth-order valence-electron chi connectivity index (χ4n) is 2.60. The Balaban J connectivity index is 1.98. The van der Waals surface area contributed by atoms with Crippen molar-refractivity contribution in [1.82, 2.24) is 4.98 Å². The van der Waals surface area contributed by atoms with Crippen molar-refractivity contribution in [2.75, 3.05) is 0 Å². The van der Waals surface area contributed by atoms with Crippen LogP contribution in [0.25, 0.3) is 0 Å². The van der Waals surface area contributed by atoms with Crippen LogP contribution in [-0.4, -0.2) is 11.1 Å². The first-order valence-electron chi connectivity index (χ1n) is 5.92. The van der Waals surface area contributed by atoms with Crippen molar-refractivity contribution in [2.24, 2.45) is 11.8 Å². The van der Waals surface area contributed by atoms with Gasteiger partial charge in [-0.05, 0) is 37.2 Å². The Labute approximate surface area is 95.8 Å². The Bertz CT molecular complexity index is 346. The molecule has 3 heteroatoms. The van der Waals surface area contributed by atoms with E-state index in [1.54, 1.807) is 12.1 Å². The first-order valence-corrected chi connectivity index (χ1v) is 5.92. The van der Waals surface area contributed by atoms with Crippen molar-refractivity contribution < 1.29 is 9.13 Å². The van der Waals surface area contributed by atoms with Crippen LogP contribution in [0.2, 0.25) is 0 Å². The fraction of sp³-hybridized carbons (Fsp3) is 0.615. The fourth-order valence-corrected chi connectivity index (χ4v) is 2.60. The lowest BCUT2D eigenvalue weighted by atomic mass is 9.82. The van der Waals surface area contributed by atoms with Gasteiger partial charge in [-0.1, -0.05) is 19.9 Å². The molecule has 2 nitrogen and oxygen atoms in total. The van der Waals surface area contributed by atoms with Gasteiger partial charge >= 0.3 is 0 Å². The van der Waals surface area contributed by atoms with Crippen molar-refractivity contribution in [2.45, 2.75) is 39.2 Å². The van der Waals surface area contributed by atoms with Crippen LogP contribution in [0.4, 0.5) is 4.39 Å². The number of rotatable bonds is 2. The average Bonchev–Trinajstić information content (AvgIpc) is 2.15. The molecule has 1 aliphatic carbocycles. The zero-order valence-corrected chi connectivity index (χ0v) is 9.82. The molecule has 1 aromatic heterocycles. The Morgan fingerprint density at radius 3 is 2.50 bits per heavy atom. The van der Waals surface area contributed by atoms with Gasteiger partial charge in [-0.25, -0.2) is 0 Å². The SMILES string of the molecule is CC1CC(C)CC(Oc2cccc(F)n2)C1. The molecule has 0 N–H and O–H groups in total. The van der Waals surface area contributed by atoms with E-state index in [0.717, 1.165) is 12.8 Å². The summed E-state index contributed by atoms with van der Waals surface area (Å²) >= 11 is 0. The van der Waals surface area contributed by atoms with Gasteiger partial charge in [0.25, 0.3) is 0 Å². The van der Waals surface area contributed by atoms with Crippen LogP contribution in [0.1, 0.15) is 33.1 Å². The monoisotopic (exact) mass is 223 g/mol. The smallest absolute Gasteiger partial charge is 0.216 e. The Kier molecular flexibility index (Phi) is 3.42. The third-order valence-corrected chi connectivity index (χ3v) is 3.11. The third kappa shape index (κ3) is 2.94. The second-order valence-electron chi connectivity index (χ2n) is 4.96. The normalized spacial score (nSPS) is 30.1. The van der Waals surface area contributed by atoms with Gasteiger partial charge in [-0.3, -0.25) is 0 Å². The molecule has 0 aliphatic heterocycles. The highest BCUT2D eigenvalue weighted by Crippen LogP contribution is 2.30. The Hall–Kier alpha value is -1.12. The zero-order valence-electron chi connectivity index (χ0n) is 9.82. The Morgan fingerprint density at radius 1 is 1.19 bits per heavy atom. The molecule has 1 saturated carbocycles. The number of halogens is 1. The molecule has 0 saturated heterocycles. The summed E-state index contributed by atoms with van der Waals surface area (Å²) in [7, 11) is 0. The molecule has 1 aromatic rings. The number of pyridine rings is 1. The summed E-state index contributed by atoms with van der Waals surface area (Å²) in [6.07, 6.45) is 3.54. The average molecular weight is 223 g/mol. The molecule has 1 heterocycles. The van der Waals surface area contributed by atoms with E-state index >= 15 is 0 Å². The van der Waals surface area contributed by atoms with E-state index < -0.39 is 5.95 Å². The van der Waals surface area contributed by atoms with E-state index in [9.17, 15) is 4.39 Å². The van der Waals surface area contributed by atoms with E-state index in [-0.39, 0.29) is 6.10 Å². The summed E-state index contributed by atoms with van der Waals surface area (Å²) in [6, 6.07) is 4.68. The molecule has 0 bridgehead atoms. The van der Waals surface area contributed by atoms with Crippen LogP contribution in [0.3, 0.4) is 0 Å². The van der Waals surface area contributed by atoms with Gasteiger partial charge in [0.15, 0.2) is 0 Å². The summed E-state index contributed by atoms with van der Waals surface area (Å²) in [4.78, 5) is 3.73. The lowest BCUT2D eigenvalue weighted by Gasteiger charge is -2.31. The van der Waals surface area contributed by atoms with Crippen LogP contribution >= 0.6 is 0 Å². The summed E-state index contributed by atoms with van der Waals surface area (Å²) < 4.78 is 18.6. The van der Waals surface area contributed by atoms with Crippen LogP contribution in [0.15, 0.2) is 18.2 Å². The van der Waals surface area contributed by atoms with Crippen molar-refractivity contribution in [3.8, 4) is 5.88 Å². The molecule has 2 rings (SSSR count). The first-order chi connectivity index (χ1) is 7.63. The van der Waals surface area contributed by atoms with Crippen LogP contribution in [0.5, 0.6) is 5.88 Å². The number of hydrogen-bond acceptors (Lipinski definition) is 2. The quantitative estimate of drug-likeness (QED) is 0.717. The van der Waals surface area contributed by atoms with Crippen molar-refractivity contribution in [1.29, 1.82) is 0 Å². The first kappa shape index (κ1) is 11.4. The number of aromatic nitrogens is 1. The molecule has 0 spiro atoms. The van der Waals surface area contributed by atoms with Crippen LogP contribution < -0.4 is 4.74 Å². The largest absolute Gasteiger partial charge is 0.474 e. The van der Waals surface area contributed by atoms with Crippen molar-refractivity contribution in [3.05, 3.63) is 24.1 Å². The minimum atomic E-state index is -0.477. The predicted octanol–water partition coefficient (Wildman–Crippen LogP) is 3.42. The maximum absolute atomic E-state index is 12.9. The molecule has 0 amide bonds. The highest BCUT2D eigenvalue weighted by atomic mass is 19.1. The molecule has 0 aromatic carbocycles. The van der Waals surface area contributed by atoms with Gasteiger partial charge in [0.1, 0.15) is 6.10 Å². The molecule has 1 fully saturated rings. The maximum atomic E-state index is 12.9.